The number of rotatable bonds is 5. The number of hydrogen-bond donors (Lipinski definition) is 1. The number of Topliss-reactive ketones (excluding diaryl/α,β-unsaturated/α-hetero) is 1. The Morgan fingerprint density at radius 1 is 1.33 bits per heavy atom. The Morgan fingerprint density at radius 3 is 2.92 bits per heavy atom. The zero-order chi connectivity index (χ0) is 16.9. The van der Waals surface area contributed by atoms with Gasteiger partial charge in [-0.2, -0.15) is 0 Å². The van der Waals surface area contributed by atoms with E-state index in [0.29, 0.717) is 23.1 Å². The molecular weight excluding hydrogens is 324 g/mol. The maximum atomic E-state index is 11.4. The van der Waals surface area contributed by atoms with E-state index in [4.69, 9.17) is 16.3 Å². The SMILES string of the molecule is CC(=O)c1ccc(COc2cccc(C3=CCNCC3)n2)c(Cl)c1. The molecular formula is C19H19ClN2O2. The van der Waals surface area contributed by atoms with E-state index in [9.17, 15) is 4.79 Å². The smallest absolute Gasteiger partial charge is 0.214 e. The number of ketones is 1. The summed E-state index contributed by atoms with van der Waals surface area (Å²) in [7, 11) is 0. The second-order valence-electron chi connectivity index (χ2n) is 5.70. The van der Waals surface area contributed by atoms with Crippen molar-refractivity contribution in [1.29, 1.82) is 0 Å². The van der Waals surface area contributed by atoms with E-state index in [1.165, 1.54) is 12.5 Å². The minimum Gasteiger partial charge on any atom is -0.473 e. The van der Waals surface area contributed by atoms with Crippen molar-refractivity contribution in [1.82, 2.24) is 10.3 Å². The summed E-state index contributed by atoms with van der Waals surface area (Å²) < 4.78 is 5.78. The zero-order valence-electron chi connectivity index (χ0n) is 13.5. The van der Waals surface area contributed by atoms with Gasteiger partial charge < -0.3 is 10.1 Å². The van der Waals surface area contributed by atoms with E-state index < -0.39 is 0 Å². The van der Waals surface area contributed by atoms with Crippen LogP contribution in [0.3, 0.4) is 0 Å². The van der Waals surface area contributed by atoms with Gasteiger partial charge in [-0.15, -0.1) is 0 Å². The van der Waals surface area contributed by atoms with Crippen LogP contribution in [0, 0.1) is 0 Å². The second-order valence-corrected chi connectivity index (χ2v) is 6.10. The average Bonchev–Trinajstić information content (AvgIpc) is 2.61. The lowest BCUT2D eigenvalue weighted by Crippen LogP contribution is -2.20. The van der Waals surface area contributed by atoms with Crippen LogP contribution in [0.2, 0.25) is 5.02 Å². The van der Waals surface area contributed by atoms with Gasteiger partial charge in [-0.3, -0.25) is 4.79 Å². The van der Waals surface area contributed by atoms with Crippen LogP contribution in [0.4, 0.5) is 0 Å². The number of ether oxygens (including phenoxy) is 1. The van der Waals surface area contributed by atoms with Crippen LogP contribution < -0.4 is 10.1 Å². The molecule has 2 aromatic rings. The first-order chi connectivity index (χ1) is 11.6. The van der Waals surface area contributed by atoms with Crippen LogP contribution in [-0.4, -0.2) is 23.9 Å². The van der Waals surface area contributed by atoms with Gasteiger partial charge in [-0.1, -0.05) is 35.9 Å². The normalized spacial score (nSPS) is 14.2. The van der Waals surface area contributed by atoms with Crippen molar-refractivity contribution in [2.45, 2.75) is 20.0 Å². The van der Waals surface area contributed by atoms with Gasteiger partial charge in [0.05, 0.1) is 5.69 Å². The molecule has 1 aromatic carbocycles. The number of nitrogens with zero attached hydrogens (tertiary/aromatic N) is 1. The molecule has 0 amide bonds. The van der Waals surface area contributed by atoms with Crippen LogP contribution in [0.5, 0.6) is 5.88 Å². The highest BCUT2D eigenvalue weighted by molar-refractivity contribution is 6.31. The molecule has 1 aliphatic rings. The molecule has 0 saturated heterocycles. The Balaban J connectivity index is 1.71. The fraction of sp³-hybridized carbons (Fsp3) is 0.263. The summed E-state index contributed by atoms with van der Waals surface area (Å²) in [5.74, 6) is 0.563. The maximum Gasteiger partial charge on any atom is 0.214 e. The van der Waals surface area contributed by atoms with Crippen molar-refractivity contribution in [3.63, 3.8) is 0 Å². The molecule has 1 aliphatic heterocycles. The number of halogens is 1. The second kappa shape index (κ2) is 7.60. The van der Waals surface area contributed by atoms with Crippen molar-refractivity contribution in [2.75, 3.05) is 13.1 Å². The van der Waals surface area contributed by atoms with Gasteiger partial charge in [0.15, 0.2) is 5.78 Å². The third-order valence-corrected chi connectivity index (χ3v) is 4.30. The molecule has 1 N–H and O–H groups in total. The number of benzene rings is 1. The molecule has 1 aromatic heterocycles. The van der Waals surface area contributed by atoms with Crippen LogP contribution >= 0.6 is 11.6 Å². The van der Waals surface area contributed by atoms with E-state index in [2.05, 4.69) is 16.4 Å². The minimum atomic E-state index is -0.00557. The summed E-state index contributed by atoms with van der Waals surface area (Å²) in [6, 6.07) is 11.0. The molecule has 0 radical (unpaired) electrons. The molecule has 4 nitrogen and oxygen atoms in total. The Hall–Kier alpha value is -2.17. The molecule has 0 spiro atoms. The minimum absolute atomic E-state index is 0.00557. The molecule has 5 heteroatoms. The van der Waals surface area contributed by atoms with Gasteiger partial charge >= 0.3 is 0 Å². The van der Waals surface area contributed by atoms with E-state index in [1.807, 2.05) is 24.3 Å². The molecule has 0 fully saturated rings. The molecule has 0 saturated carbocycles. The number of nitrogens with one attached hydrogen (secondary N) is 1. The fourth-order valence-corrected chi connectivity index (χ4v) is 2.80. The molecule has 0 bridgehead atoms. The van der Waals surface area contributed by atoms with Gasteiger partial charge in [0, 0.05) is 28.8 Å². The number of carbonyl (C=O) groups excluding carboxylic acids is 1. The Labute approximate surface area is 146 Å². The Morgan fingerprint density at radius 2 is 2.21 bits per heavy atom. The van der Waals surface area contributed by atoms with Crippen LogP contribution in [0.25, 0.3) is 5.57 Å². The van der Waals surface area contributed by atoms with Crippen molar-refractivity contribution in [3.8, 4) is 5.88 Å². The lowest BCUT2D eigenvalue weighted by molar-refractivity contribution is 0.101. The van der Waals surface area contributed by atoms with Gasteiger partial charge in [-0.05, 0) is 37.6 Å². The topological polar surface area (TPSA) is 51.2 Å². The van der Waals surface area contributed by atoms with Crippen molar-refractivity contribution < 1.29 is 9.53 Å². The summed E-state index contributed by atoms with van der Waals surface area (Å²) in [5.41, 5.74) is 3.62. The summed E-state index contributed by atoms with van der Waals surface area (Å²) in [6.45, 7) is 3.68. The van der Waals surface area contributed by atoms with Crippen molar-refractivity contribution in [2.24, 2.45) is 0 Å². The monoisotopic (exact) mass is 342 g/mol. The lowest BCUT2D eigenvalue weighted by Gasteiger charge is -2.14. The van der Waals surface area contributed by atoms with Crippen molar-refractivity contribution in [3.05, 3.63) is 64.3 Å². The highest BCUT2D eigenvalue weighted by Crippen LogP contribution is 2.22. The number of hydrogen-bond acceptors (Lipinski definition) is 4. The highest BCUT2D eigenvalue weighted by Gasteiger charge is 2.09. The van der Waals surface area contributed by atoms with Gasteiger partial charge in [0.1, 0.15) is 6.61 Å². The van der Waals surface area contributed by atoms with Crippen LogP contribution in [0.1, 0.15) is 35.0 Å². The van der Waals surface area contributed by atoms with E-state index in [1.54, 1.807) is 12.1 Å². The lowest BCUT2D eigenvalue weighted by atomic mass is 10.1. The Kier molecular flexibility index (Phi) is 5.28. The molecule has 24 heavy (non-hydrogen) atoms. The zero-order valence-corrected chi connectivity index (χ0v) is 14.3. The summed E-state index contributed by atoms with van der Waals surface area (Å²) in [6.07, 6.45) is 3.13. The standard InChI is InChI=1S/C19H19ClN2O2/c1-13(23)15-5-6-16(17(20)11-15)12-24-19-4-2-3-18(22-19)14-7-9-21-10-8-14/h2-7,11,21H,8-10,12H2,1H3. The number of aromatic nitrogens is 1. The van der Waals surface area contributed by atoms with Gasteiger partial charge in [0.25, 0.3) is 0 Å². The fourth-order valence-electron chi connectivity index (χ4n) is 2.56. The largest absolute Gasteiger partial charge is 0.473 e. The maximum absolute atomic E-state index is 11.4. The van der Waals surface area contributed by atoms with Crippen LogP contribution in [-0.2, 0) is 6.61 Å². The molecule has 3 rings (SSSR count). The molecule has 0 atom stereocenters. The first-order valence-corrected chi connectivity index (χ1v) is 8.30. The van der Waals surface area contributed by atoms with Gasteiger partial charge in [0.2, 0.25) is 5.88 Å². The molecule has 124 valence electrons. The predicted molar refractivity (Wildman–Crippen MR) is 95.5 cm³/mol. The van der Waals surface area contributed by atoms with E-state index in [0.717, 1.165) is 30.8 Å². The Bertz CT molecular complexity index is 787. The molecule has 2 heterocycles. The van der Waals surface area contributed by atoms with Crippen molar-refractivity contribution >= 4 is 23.0 Å². The molecule has 0 aliphatic carbocycles. The molecule has 0 unspecified atom stereocenters. The third kappa shape index (κ3) is 4.02. The van der Waals surface area contributed by atoms with E-state index in [-0.39, 0.29) is 5.78 Å². The average molecular weight is 343 g/mol. The summed E-state index contributed by atoms with van der Waals surface area (Å²) in [4.78, 5) is 15.9. The predicted octanol–water partition coefficient (Wildman–Crippen LogP) is 3.89. The summed E-state index contributed by atoms with van der Waals surface area (Å²) >= 11 is 6.22. The number of carbonyl (C=O) groups is 1. The number of pyridine rings is 1. The quantitative estimate of drug-likeness (QED) is 0.837. The first kappa shape index (κ1) is 16.7. The highest BCUT2D eigenvalue weighted by atomic mass is 35.5. The third-order valence-electron chi connectivity index (χ3n) is 3.95. The first-order valence-electron chi connectivity index (χ1n) is 7.93. The summed E-state index contributed by atoms with van der Waals surface area (Å²) in [5, 5.41) is 3.82. The van der Waals surface area contributed by atoms with Gasteiger partial charge in [-0.25, -0.2) is 4.98 Å². The van der Waals surface area contributed by atoms with Crippen LogP contribution in [0.15, 0.2) is 42.5 Å². The van der Waals surface area contributed by atoms with E-state index >= 15 is 0 Å².